The third-order valence-electron chi connectivity index (χ3n) is 4.41. The summed E-state index contributed by atoms with van der Waals surface area (Å²) in [7, 11) is 0. The van der Waals surface area contributed by atoms with Crippen molar-refractivity contribution < 1.29 is 8.78 Å². The van der Waals surface area contributed by atoms with E-state index in [4.69, 9.17) is 34.8 Å². The van der Waals surface area contributed by atoms with E-state index in [-0.39, 0.29) is 5.16 Å². The zero-order chi connectivity index (χ0) is 21.6. The number of hydrogen-bond donors (Lipinski definition) is 0. The van der Waals surface area contributed by atoms with Crippen molar-refractivity contribution in [1.82, 2.24) is 24.7 Å². The van der Waals surface area contributed by atoms with E-state index in [0.717, 1.165) is 27.7 Å². The van der Waals surface area contributed by atoms with Crippen LogP contribution in [0.3, 0.4) is 0 Å². The summed E-state index contributed by atoms with van der Waals surface area (Å²) in [5.41, 5.74) is 2.68. The predicted octanol–water partition coefficient (Wildman–Crippen LogP) is 5.80. The molecule has 156 valence electrons. The smallest absolute Gasteiger partial charge is 0.270 e. The molecule has 0 saturated heterocycles. The van der Waals surface area contributed by atoms with Crippen LogP contribution in [0.15, 0.2) is 39.6 Å². The Labute approximate surface area is 189 Å². The third kappa shape index (κ3) is 3.87. The van der Waals surface area contributed by atoms with Crippen molar-refractivity contribution >= 4 is 58.4 Å². The number of aryl methyl sites for hydroxylation is 1. The fourth-order valence-electron chi connectivity index (χ4n) is 2.92. The molecule has 2 aromatic heterocycles. The van der Waals surface area contributed by atoms with Gasteiger partial charge < -0.3 is 0 Å². The standard InChI is InChI=1S/C18H13Cl3F2N6S/c1-3-28-9(2)10(8-24-28)6-14-15(12-5-4-11(19)7-13(12)20)27-29-16(18(21,22)23)25-26-17(29)30-14/h4-8H,3H2,1-2H3/b14-6-. The molecule has 3 aromatic rings. The molecule has 4 rings (SSSR count). The molecule has 6 nitrogen and oxygen atoms in total. The molecule has 30 heavy (non-hydrogen) atoms. The van der Waals surface area contributed by atoms with E-state index in [1.807, 2.05) is 24.6 Å². The summed E-state index contributed by atoms with van der Waals surface area (Å²) in [6, 6.07) is 4.88. The summed E-state index contributed by atoms with van der Waals surface area (Å²) in [5.74, 6) is -0.775. The van der Waals surface area contributed by atoms with E-state index in [9.17, 15) is 8.78 Å². The van der Waals surface area contributed by atoms with E-state index < -0.39 is 11.2 Å². The Morgan fingerprint density at radius 1 is 1.23 bits per heavy atom. The molecule has 0 bridgehead atoms. The average molecular weight is 490 g/mol. The number of halogens is 5. The second-order valence-electron chi connectivity index (χ2n) is 6.30. The Morgan fingerprint density at radius 2 is 2.00 bits per heavy atom. The second kappa shape index (κ2) is 7.96. The molecular formula is C18H13Cl3F2N6S. The highest BCUT2D eigenvalue weighted by molar-refractivity contribution is 8.04. The number of allylic oxidation sites excluding steroid dienone is 1. The van der Waals surface area contributed by atoms with Crippen LogP contribution in [0.25, 0.3) is 6.08 Å². The van der Waals surface area contributed by atoms with Gasteiger partial charge in [-0.1, -0.05) is 23.2 Å². The number of alkyl halides is 3. The minimum absolute atomic E-state index is 0.158. The Hall–Kier alpha value is -1.94. The summed E-state index contributed by atoms with van der Waals surface area (Å²) in [4.78, 5) is 0.641. The average Bonchev–Trinajstić information content (AvgIpc) is 3.24. The van der Waals surface area contributed by atoms with Gasteiger partial charge in [0.15, 0.2) is 0 Å². The fourth-order valence-corrected chi connectivity index (χ4v) is 4.46. The normalized spacial score (nSPS) is 15.4. The monoisotopic (exact) mass is 488 g/mol. The van der Waals surface area contributed by atoms with E-state index in [1.54, 1.807) is 24.4 Å². The lowest BCUT2D eigenvalue weighted by Crippen LogP contribution is -2.17. The Morgan fingerprint density at radius 3 is 2.63 bits per heavy atom. The Bertz CT molecular complexity index is 1200. The highest BCUT2D eigenvalue weighted by atomic mass is 35.5. The Kier molecular flexibility index (Phi) is 5.65. The van der Waals surface area contributed by atoms with Gasteiger partial charge in [-0.3, -0.25) is 4.68 Å². The maximum absolute atomic E-state index is 13.8. The summed E-state index contributed by atoms with van der Waals surface area (Å²) >= 11 is 18.7. The number of aromatic nitrogens is 5. The molecule has 0 unspecified atom stereocenters. The molecule has 0 spiro atoms. The number of fused-ring (bicyclic) bond motifs is 1. The minimum atomic E-state index is -3.73. The molecule has 0 fully saturated rings. The van der Waals surface area contributed by atoms with Crippen LogP contribution < -0.4 is 0 Å². The van der Waals surface area contributed by atoms with Crippen molar-refractivity contribution in [3.63, 3.8) is 0 Å². The number of rotatable bonds is 4. The fraction of sp³-hybridized carbons (Fsp3) is 0.222. The van der Waals surface area contributed by atoms with Crippen molar-refractivity contribution in [3.05, 3.63) is 62.0 Å². The van der Waals surface area contributed by atoms with Gasteiger partial charge in [0.2, 0.25) is 11.0 Å². The van der Waals surface area contributed by atoms with E-state index in [1.165, 1.54) is 0 Å². The highest BCUT2D eigenvalue weighted by Crippen LogP contribution is 2.40. The SMILES string of the molecule is CCn1ncc(/C=C2\Sc3nnc(C(F)(F)Cl)n3N=C2c2ccc(Cl)cc2Cl)c1C. The maximum Gasteiger partial charge on any atom is 0.383 e. The van der Waals surface area contributed by atoms with Crippen molar-refractivity contribution in [2.75, 3.05) is 0 Å². The predicted molar refractivity (Wildman–Crippen MR) is 115 cm³/mol. The molecule has 1 aliphatic rings. The molecule has 0 atom stereocenters. The van der Waals surface area contributed by atoms with Crippen molar-refractivity contribution in [2.24, 2.45) is 5.10 Å². The first-order valence-electron chi connectivity index (χ1n) is 8.68. The highest BCUT2D eigenvalue weighted by Gasteiger charge is 2.38. The van der Waals surface area contributed by atoms with Crippen LogP contribution in [0, 0.1) is 6.92 Å². The van der Waals surface area contributed by atoms with Crippen LogP contribution in [0.2, 0.25) is 10.0 Å². The summed E-state index contributed by atoms with van der Waals surface area (Å²) < 4.78 is 30.3. The van der Waals surface area contributed by atoms with Gasteiger partial charge in [0, 0.05) is 33.3 Å². The largest absolute Gasteiger partial charge is 0.383 e. The molecule has 1 aliphatic heterocycles. The lowest BCUT2D eigenvalue weighted by atomic mass is 10.1. The van der Waals surface area contributed by atoms with Gasteiger partial charge in [0.25, 0.3) is 0 Å². The molecular weight excluding hydrogens is 477 g/mol. The summed E-state index contributed by atoms with van der Waals surface area (Å²) in [6.07, 6.45) is 3.59. The number of benzene rings is 1. The van der Waals surface area contributed by atoms with Gasteiger partial charge in [0.1, 0.15) is 5.71 Å². The molecule has 0 N–H and O–H groups in total. The summed E-state index contributed by atoms with van der Waals surface area (Å²) in [6.45, 7) is 4.65. The zero-order valence-electron chi connectivity index (χ0n) is 15.6. The van der Waals surface area contributed by atoms with Crippen LogP contribution in [0.4, 0.5) is 8.78 Å². The van der Waals surface area contributed by atoms with E-state index >= 15 is 0 Å². The molecule has 12 heteroatoms. The molecule has 0 aliphatic carbocycles. The number of hydrogen-bond acceptors (Lipinski definition) is 5. The van der Waals surface area contributed by atoms with Crippen molar-refractivity contribution in [1.29, 1.82) is 0 Å². The van der Waals surface area contributed by atoms with Gasteiger partial charge in [0.05, 0.1) is 11.2 Å². The van der Waals surface area contributed by atoms with Gasteiger partial charge in [-0.05, 0) is 61.5 Å². The van der Waals surface area contributed by atoms with Crippen molar-refractivity contribution in [3.8, 4) is 0 Å². The van der Waals surface area contributed by atoms with Crippen LogP contribution in [-0.4, -0.2) is 30.4 Å². The lowest BCUT2D eigenvalue weighted by Gasteiger charge is -2.18. The van der Waals surface area contributed by atoms with Crippen LogP contribution in [0.5, 0.6) is 0 Å². The van der Waals surface area contributed by atoms with E-state index in [2.05, 4.69) is 20.4 Å². The quantitative estimate of drug-likeness (QED) is 0.435. The maximum atomic E-state index is 13.8. The first-order valence-corrected chi connectivity index (χ1v) is 10.6. The lowest BCUT2D eigenvalue weighted by molar-refractivity contribution is 0.0799. The third-order valence-corrected chi connectivity index (χ3v) is 6.10. The number of nitrogens with zero attached hydrogens (tertiary/aromatic N) is 6. The van der Waals surface area contributed by atoms with E-state index in [0.29, 0.717) is 32.8 Å². The molecule has 0 radical (unpaired) electrons. The first-order chi connectivity index (χ1) is 14.2. The van der Waals surface area contributed by atoms with Crippen LogP contribution in [-0.2, 0) is 11.9 Å². The van der Waals surface area contributed by atoms with Gasteiger partial charge >= 0.3 is 5.38 Å². The second-order valence-corrected chi connectivity index (χ2v) is 8.63. The van der Waals surface area contributed by atoms with Gasteiger partial charge in [-0.25, -0.2) is 0 Å². The van der Waals surface area contributed by atoms with Crippen LogP contribution in [0.1, 0.15) is 29.6 Å². The van der Waals surface area contributed by atoms with Crippen LogP contribution >= 0.6 is 46.6 Å². The minimum Gasteiger partial charge on any atom is -0.270 e. The van der Waals surface area contributed by atoms with Gasteiger partial charge in [-0.15, -0.1) is 10.2 Å². The molecule has 3 heterocycles. The molecule has 0 saturated carbocycles. The molecule has 1 aromatic carbocycles. The number of thioether (sulfide) groups is 1. The Balaban J connectivity index is 1.92. The van der Waals surface area contributed by atoms with Crippen molar-refractivity contribution in [2.45, 2.75) is 30.9 Å². The summed E-state index contributed by atoms with van der Waals surface area (Å²) in [5, 5.41) is 13.2. The first kappa shape index (κ1) is 21.3. The topological polar surface area (TPSA) is 60.9 Å². The van der Waals surface area contributed by atoms with Gasteiger partial charge in [-0.2, -0.15) is 23.7 Å². The molecule has 0 amide bonds. The zero-order valence-corrected chi connectivity index (χ0v) is 18.7.